The Morgan fingerprint density at radius 3 is 2.43 bits per heavy atom. The van der Waals surface area contributed by atoms with E-state index in [1.54, 1.807) is 30.3 Å². The maximum absolute atomic E-state index is 10.0. The standard InChI is InChI=1S/C16H12N2O4S/c19-15-10-5-11-3-1-2-4-14(11)16(15)18-17-12-6-8-13(9-7-12)23-22-21-20/h1-10,19-20H. The highest BCUT2D eigenvalue weighted by Gasteiger charge is 2.05. The minimum Gasteiger partial charge on any atom is -0.506 e. The highest BCUT2D eigenvalue weighted by molar-refractivity contribution is 7.94. The molecule has 116 valence electrons. The molecule has 0 heterocycles. The molecule has 0 saturated heterocycles. The Hall–Kier alpha value is -2.45. The maximum Gasteiger partial charge on any atom is 0.143 e. The lowest BCUT2D eigenvalue weighted by Gasteiger charge is -2.03. The van der Waals surface area contributed by atoms with Gasteiger partial charge in [0.2, 0.25) is 0 Å². The summed E-state index contributed by atoms with van der Waals surface area (Å²) in [6.07, 6.45) is 0. The van der Waals surface area contributed by atoms with E-state index in [1.165, 1.54) is 0 Å². The molecule has 7 heteroatoms. The molecule has 0 aliphatic rings. The minimum absolute atomic E-state index is 0.0770. The third kappa shape index (κ3) is 3.66. The predicted octanol–water partition coefficient (Wildman–Crippen LogP) is 5.39. The Labute approximate surface area is 136 Å². The first-order valence-electron chi connectivity index (χ1n) is 6.65. The Bertz CT molecular complexity index is 837. The van der Waals surface area contributed by atoms with Gasteiger partial charge < -0.3 is 5.11 Å². The molecule has 3 aromatic rings. The zero-order chi connectivity index (χ0) is 16.1. The Morgan fingerprint density at radius 1 is 0.870 bits per heavy atom. The molecule has 0 amide bonds. The summed E-state index contributed by atoms with van der Waals surface area (Å²) in [5.74, 6) is 0.0770. The Kier molecular flexibility index (Phi) is 4.84. The number of aromatic hydroxyl groups is 1. The summed E-state index contributed by atoms with van der Waals surface area (Å²) in [6.45, 7) is 0. The van der Waals surface area contributed by atoms with E-state index in [2.05, 4.69) is 19.6 Å². The van der Waals surface area contributed by atoms with Crippen molar-refractivity contribution in [3.8, 4) is 5.75 Å². The van der Waals surface area contributed by atoms with Crippen LogP contribution in [0.1, 0.15) is 0 Å². The summed E-state index contributed by atoms with van der Waals surface area (Å²) in [4.78, 5) is 0.728. The number of phenols is 1. The van der Waals surface area contributed by atoms with Crippen molar-refractivity contribution < 1.29 is 19.7 Å². The van der Waals surface area contributed by atoms with Crippen molar-refractivity contribution in [3.05, 3.63) is 60.7 Å². The third-order valence-corrected chi connectivity index (χ3v) is 3.74. The summed E-state index contributed by atoms with van der Waals surface area (Å²) in [5.41, 5.74) is 1.05. The Morgan fingerprint density at radius 2 is 1.65 bits per heavy atom. The van der Waals surface area contributed by atoms with E-state index in [0.29, 0.717) is 11.4 Å². The lowest BCUT2D eigenvalue weighted by atomic mass is 10.1. The van der Waals surface area contributed by atoms with Crippen molar-refractivity contribution in [2.45, 2.75) is 4.90 Å². The number of nitrogens with zero attached hydrogens (tertiary/aromatic N) is 2. The van der Waals surface area contributed by atoms with Crippen LogP contribution in [0.4, 0.5) is 11.4 Å². The van der Waals surface area contributed by atoms with Gasteiger partial charge in [-0.15, -0.1) is 9.45 Å². The van der Waals surface area contributed by atoms with Crippen molar-refractivity contribution in [1.82, 2.24) is 0 Å². The van der Waals surface area contributed by atoms with Crippen molar-refractivity contribution in [2.24, 2.45) is 10.2 Å². The van der Waals surface area contributed by atoms with Crippen molar-refractivity contribution in [2.75, 3.05) is 0 Å². The van der Waals surface area contributed by atoms with E-state index in [9.17, 15) is 5.11 Å². The van der Waals surface area contributed by atoms with Gasteiger partial charge in [0, 0.05) is 10.3 Å². The monoisotopic (exact) mass is 328 g/mol. The molecule has 0 aliphatic heterocycles. The van der Waals surface area contributed by atoms with E-state index in [0.717, 1.165) is 27.7 Å². The van der Waals surface area contributed by atoms with Crippen molar-refractivity contribution in [3.63, 3.8) is 0 Å². The van der Waals surface area contributed by atoms with Gasteiger partial charge in [0.05, 0.1) is 17.7 Å². The van der Waals surface area contributed by atoms with Crippen LogP contribution in [0.2, 0.25) is 0 Å². The second-order valence-electron chi connectivity index (χ2n) is 4.57. The number of rotatable bonds is 5. The van der Waals surface area contributed by atoms with Crippen molar-refractivity contribution in [1.29, 1.82) is 0 Å². The molecular weight excluding hydrogens is 316 g/mol. The van der Waals surface area contributed by atoms with Gasteiger partial charge in [-0.3, -0.25) is 0 Å². The summed E-state index contributed by atoms with van der Waals surface area (Å²) in [6, 6.07) is 18.0. The van der Waals surface area contributed by atoms with Crippen molar-refractivity contribution >= 4 is 34.2 Å². The predicted molar refractivity (Wildman–Crippen MR) is 86.9 cm³/mol. The van der Waals surface area contributed by atoms with Gasteiger partial charge in [0.15, 0.2) is 0 Å². The van der Waals surface area contributed by atoms with Gasteiger partial charge in [0.25, 0.3) is 0 Å². The molecule has 0 spiro atoms. The summed E-state index contributed by atoms with van der Waals surface area (Å²) in [5, 5.41) is 31.8. The number of fused-ring (bicyclic) bond motifs is 1. The highest BCUT2D eigenvalue weighted by Crippen LogP contribution is 2.36. The molecule has 3 aromatic carbocycles. The number of hydrogen-bond acceptors (Lipinski definition) is 7. The maximum atomic E-state index is 10.0. The van der Waals surface area contributed by atoms with Crippen LogP contribution in [0.25, 0.3) is 10.8 Å². The van der Waals surface area contributed by atoms with Crippen LogP contribution in [-0.2, 0) is 9.37 Å². The number of phenolic OH excluding ortho intramolecular Hbond substituents is 1. The van der Waals surface area contributed by atoms with E-state index in [4.69, 9.17) is 5.26 Å². The molecule has 0 bridgehead atoms. The van der Waals surface area contributed by atoms with Crippen LogP contribution in [0.5, 0.6) is 5.75 Å². The molecule has 0 radical (unpaired) electrons. The molecular formula is C16H12N2O4S. The fraction of sp³-hybridized carbons (Fsp3) is 0. The molecule has 0 aromatic heterocycles. The van der Waals surface area contributed by atoms with Crippen LogP contribution < -0.4 is 0 Å². The highest BCUT2D eigenvalue weighted by atomic mass is 32.2. The first kappa shape index (κ1) is 15.4. The van der Waals surface area contributed by atoms with Gasteiger partial charge in [-0.1, -0.05) is 35.4 Å². The average Bonchev–Trinajstić information content (AvgIpc) is 2.60. The molecule has 0 atom stereocenters. The fourth-order valence-corrected chi connectivity index (χ4v) is 2.44. The zero-order valence-corrected chi connectivity index (χ0v) is 12.6. The van der Waals surface area contributed by atoms with E-state index >= 15 is 0 Å². The lowest BCUT2D eigenvalue weighted by molar-refractivity contribution is -0.432. The first-order valence-corrected chi connectivity index (χ1v) is 7.39. The Balaban J connectivity index is 1.87. The van der Waals surface area contributed by atoms with E-state index in [1.807, 2.05) is 30.3 Å². The van der Waals surface area contributed by atoms with Crippen LogP contribution in [0, 0.1) is 0 Å². The number of benzene rings is 3. The van der Waals surface area contributed by atoms with Gasteiger partial charge in [-0.2, -0.15) is 5.11 Å². The molecule has 3 rings (SSSR count). The van der Waals surface area contributed by atoms with Crippen LogP contribution in [-0.4, -0.2) is 10.4 Å². The van der Waals surface area contributed by atoms with E-state index in [-0.39, 0.29) is 5.75 Å². The smallest absolute Gasteiger partial charge is 0.143 e. The molecule has 2 N–H and O–H groups in total. The van der Waals surface area contributed by atoms with Gasteiger partial charge >= 0.3 is 0 Å². The molecule has 0 unspecified atom stereocenters. The molecule has 0 saturated carbocycles. The second-order valence-corrected chi connectivity index (χ2v) is 5.35. The fourth-order valence-electron chi connectivity index (χ4n) is 2.08. The average molecular weight is 328 g/mol. The topological polar surface area (TPSA) is 83.6 Å². The number of hydrogen-bond donors (Lipinski definition) is 2. The molecule has 0 fully saturated rings. The number of azo groups is 1. The second kappa shape index (κ2) is 7.21. The van der Waals surface area contributed by atoms with Gasteiger partial charge in [0.1, 0.15) is 11.4 Å². The summed E-state index contributed by atoms with van der Waals surface area (Å²) < 4.78 is 4.34. The minimum atomic E-state index is 0.0770. The van der Waals surface area contributed by atoms with Crippen LogP contribution in [0.15, 0.2) is 75.8 Å². The largest absolute Gasteiger partial charge is 0.506 e. The van der Waals surface area contributed by atoms with E-state index < -0.39 is 0 Å². The molecule has 6 nitrogen and oxygen atoms in total. The molecule has 23 heavy (non-hydrogen) atoms. The summed E-state index contributed by atoms with van der Waals surface area (Å²) >= 11 is 0.863. The lowest BCUT2D eigenvalue weighted by Crippen LogP contribution is -1.77. The third-order valence-electron chi connectivity index (χ3n) is 3.14. The van der Waals surface area contributed by atoms with Gasteiger partial charge in [-0.05, 0) is 35.7 Å². The summed E-state index contributed by atoms with van der Waals surface area (Å²) in [7, 11) is 0. The first-order chi connectivity index (χ1) is 11.3. The zero-order valence-electron chi connectivity index (χ0n) is 11.8. The quantitative estimate of drug-likeness (QED) is 0.284. The van der Waals surface area contributed by atoms with Crippen LogP contribution in [0.3, 0.4) is 0 Å². The van der Waals surface area contributed by atoms with Gasteiger partial charge in [-0.25, -0.2) is 5.26 Å². The SMILES string of the molecule is OOOSc1ccc(N=Nc2c(O)ccc3ccccc23)cc1. The normalized spacial score (nSPS) is 11.3. The molecule has 0 aliphatic carbocycles. The van der Waals surface area contributed by atoms with Crippen LogP contribution >= 0.6 is 12.0 Å².